The average molecular weight is 231 g/mol. The van der Waals surface area contributed by atoms with Gasteiger partial charge in [0.25, 0.3) is 0 Å². The van der Waals surface area contributed by atoms with Gasteiger partial charge in [-0.15, -0.1) is 0 Å². The molecule has 2 atom stereocenters. The molecule has 1 aromatic rings. The van der Waals surface area contributed by atoms with E-state index in [-0.39, 0.29) is 18.0 Å². The first-order chi connectivity index (χ1) is 7.47. The van der Waals surface area contributed by atoms with Crippen LogP contribution < -0.4 is 5.73 Å². The van der Waals surface area contributed by atoms with Gasteiger partial charge in [0.05, 0.1) is 0 Å². The van der Waals surface area contributed by atoms with Crippen LogP contribution in [0.3, 0.4) is 0 Å². The van der Waals surface area contributed by atoms with Crippen LogP contribution in [0.5, 0.6) is 0 Å². The highest BCUT2D eigenvalue weighted by Crippen LogP contribution is 2.32. The third kappa shape index (κ3) is 2.76. The molecule has 1 nitrogen and oxygen atoms in total. The third-order valence-corrected chi connectivity index (χ3v) is 2.76. The minimum atomic E-state index is -1.57. The fraction of sp³-hybridized carbons (Fsp3) is 0.500. The van der Waals surface area contributed by atoms with Crippen LogP contribution in [-0.4, -0.2) is 6.54 Å². The lowest BCUT2D eigenvalue weighted by atomic mass is 9.87. The molecule has 1 aromatic carbocycles. The molecule has 0 saturated carbocycles. The van der Waals surface area contributed by atoms with Crippen molar-refractivity contribution in [2.24, 2.45) is 17.6 Å². The molecule has 90 valence electrons. The van der Waals surface area contributed by atoms with Crippen LogP contribution in [0.4, 0.5) is 13.2 Å². The van der Waals surface area contributed by atoms with E-state index in [0.29, 0.717) is 0 Å². The average Bonchev–Trinajstić information content (AvgIpc) is 2.22. The number of alkyl halides is 1. The molecule has 0 aliphatic rings. The van der Waals surface area contributed by atoms with Crippen molar-refractivity contribution in [1.29, 1.82) is 0 Å². The lowest BCUT2D eigenvalue weighted by Gasteiger charge is -2.23. The second-order valence-corrected chi connectivity index (χ2v) is 4.21. The van der Waals surface area contributed by atoms with Gasteiger partial charge in [0.2, 0.25) is 0 Å². The minimum absolute atomic E-state index is 0.0253. The summed E-state index contributed by atoms with van der Waals surface area (Å²) >= 11 is 0. The topological polar surface area (TPSA) is 26.0 Å². The van der Waals surface area contributed by atoms with Gasteiger partial charge in [-0.05, 0) is 30.7 Å². The lowest BCUT2D eigenvalue weighted by molar-refractivity contribution is 0.183. The van der Waals surface area contributed by atoms with Gasteiger partial charge >= 0.3 is 0 Å². The largest absolute Gasteiger partial charge is 0.330 e. The number of benzene rings is 1. The molecule has 16 heavy (non-hydrogen) atoms. The first-order valence-corrected chi connectivity index (χ1v) is 5.26. The Hall–Kier alpha value is -1.03. The molecule has 0 aliphatic carbocycles. The molecule has 0 aromatic heterocycles. The molecule has 0 spiro atoms. The van der Waals surface area contributed by atoms with E-state index in [1.54, 1.807) is 13.8 Å². The molecule has 0 saturated heterocycles. The summed E-state index contributed by atoms with van der Waals surface area (Å²) in [5, 5.41) is 0. The molecule has 2 N–H and O–H groups in total. The predicted molar refractivity (Wildman–Crippen MR) is 57.6 cm³/mol. The van der Waals surface area contributed by atoms with Gasteiger partial charge in [-0.25, -0.2) is 13.2 Å². The standard InChI is InChI=1S/C12H16F3N/c1-7(2)10(6-16)12(15)9-5-8(13)3-4-11(9)14/h3-5,7,10,12H,6,16H2,1-2H3. The van der Waals surface area contributed by atoms with E-state index in [9.17, 15) is 13.2 Å². The van der Waals surface area contributed by atoms with Crippen molar-refractivity contribution < 1.29 is 13.2 Å². The minimum Gasteiger partial charge on any atom is -0.330 e. The van der Waals surface area contributed by atoms with Crippen molar-refractivity contribution in [3.05, 3.63) is 35.4 Å². The smallest absolute Gasteiger partial charge is 0.132 e. The van der Waals surface area contributed by atoms with Crippen LogP contribution in [0.2, 0.25) is 0 Å². The zero-order chi connectivity index (χ0) is 12.3. The van der Waals surface area contributed by atoms with Crippen molar-refractivity contribution in [3.8, 4) is 0 Å². The van der Waals surface area contributed by atoms with Gasteiger partial charge < -0.3 is 5.73 Å². The number of hydrogen-bond donors (Lipinski definition) is 1. The van der Waals surface area contributed by atoms with Crippen molar-refractivity contribution in [1.82, 2.24) is 0 Å². The molecule has 0 fully saturated rings. The first-order valence-electron chi connectivity index (χ1n) is 5.26. The number of rotatable bonds is 4. The Bertz CT molecular complexity index is 352. The molecule has 0 radical (unpaired) electrons. The van der Waals surface area contributed by atoms with Crippen LogP contribution in [0.1, 0.15) is 25.6 Å². The van der Waals surface area contributed by atoms with Crippen LogP contribution in [0.25, 0.3) is 0 Å². The molecule has 0 aliphatic heterocycles. The first kappa shape index (κ1) is 13.0. The van der Waals surface area contributed by atoms with Crippen LogP contribution in [0, 0.1) is 23.5 Å². The lowest BCUT2D eigenvalue weighted by Crippen LogP contribution is -2.25. The summed E-state index contributed by atoms with van der Waals surface area (Å²) in [5.41, 5.74) is 5.20. The molecule has 0 bridgehead atoms. The highest BCUT2D eigenvalue weighted by atomic mass is 19.1. The van der Waals surface area contributed by atoms with E-state index in [4.69, 9.17) is 5.73 Å². The summed E-state index contributed by atoms with van der Waals surface area (Å²) in [6.45, 7) is 3.72. The SMILES string of the molecule is CC(C)C(CN)C(F)c1cc(F)ccc1F. The van der Waals surface area contributed by atoms with E-state index < -0.39 is 23.7 Å². The zero-order valence-corrected chi connectivity index (χ0v) is 9.38. The normalized spacial score (nSPS) is 15.2. The van der Waals surface area contributed by atoms with E-state index in [2.05, 4.69) is 0 Å². The summed E-state index contributed by atoms with van der Waals surface area (Å²) in [5.74, 6) is -1.90. The molecule has 1 rings (SSSR count). The highest BCUT2D eigenvalue weighted by Gasteiger charge is 2.27. The quantitative estimate of drug-likeness (QED) is 0.846. The van der Waals surface area contributed by atoms with E-state index in [1.165, 1.54) is 0 Å². The summed E-state index contributed by atoms with van der Waals surface area (Å²) in [6.07, 6.45) is -1.57. The van der Waals surface area contributed by atoms with Crippen LogP contribution >= 0.6 is 0 Å². The van der Waals surface area contributed by atoms with Crippen molar-refractivity contribution in [2.75, 3.05) is 6.54 Å². The van der Waals surface area contributed by atoms with Gasteiger partial charge in [-0.2, -0.15) is 0 Å². The second kappa shape index (κ2) is 5.34. The summed E-state index contributed by atoms with van der Waals surface area (Å²) in [7, 11) is 0. The van der Waals surface area contributed by atoms with Gasteiger partial charge in [-0.1, -0.05) is 13.8 Å². The van der Waals surface area contributed by atoms with Crippen LogP contribution in [0.15, 0.2) is 18.2 Å². The van der Waals surface area contributed by atoms with Crippen LogP contribution in [-0.2, 0) is 0 Å². The van der Waals surface area contributed by atoms with E-state index >= 15 is 0 Å². The Kier molecular flexibility index (Phi) is 4.35. The Balaban J connectivity index is 3.02. The van der Waals surface area contributed by atoms with Gasteiger partial charge in [-0.3, -0.25) is 0 Å². The maximum absolute atomic E-state index is 14.0. The van der Waals surface area contributed by atoms with Gasteiger partial charge in [0, 0.05) is 11.5 Å². The molecule has 0 amide bonds. The molecule has 4 heteroatoms. The number of hydrogen-bond acceptors (Lipinski definition) is 1. The summed E-state index contributed by atoms with van der Waals surface area (Å²) in [6, 6.07) is 2.80. The summed E-state index contributed by atoms with van der Waals surface area (Å²) in [4.78, 5) is 0. The van der Waals surface area contributed by atoms with Crippen molar-refractivity contribution in [3.63, 3.8) is 0 Å². The van der Waals surface area contributed by atoms with Gasteiger partial charge in [0.1, 0.15) is 17.8 Å². The molecular formula is C12H16F3N. The fourth-order valence-corrected chi connectivity index (χ4v) is 1.69. The molecule has 0 heterocycles. The Morgan fingerprint density at radius 2 is 1.88 bits per heavy atom. The second-order valence-electron chi connectivity index (χ2n) is 4.21. The highest BCUT2D eigenvalue weighted by molar-refractivity contribution is 5.22. The van der Waals surface area contributed by atoms with Crippen molar-refractivity contribution in [2.45, 2.75) is 20.0 Å². The monoisotopic (exact) mass is 231 g/mol. The Labute approximate surface area is 93.5 Å². The predicted octanol–water partition coefficient (Wildman–Crippen LogP) is 3.21. The number of halogens is 3. The van der Waals surface area contributed by atoms with E-state index in [1.807, 2.05) is 0 Å². The number of nitrogens with two attached hydrogens (primary N) is 1. The maximum atomic E-state index is 14.0. The molecule has 2 unspecified atom stereocenters. The third-order valence-electron chi connectivity index (χ3n) is 2.76. The Morgan fingerprint density at radius 1 is 1.25 bits per heavy atom. The maximum Gasteiger partial charge on any atom is 0.132 e. The zero-order valence-electron chi connectivity index (χ0n) is 9.38. The van der Waals surface area contributed by atoms with Crippen molar-refractivity contribution >= 4 is 0 Å². The summed E-state index contributed by atoms with van der Waals surface area (Å²) < 4.78 is 40.2. The van der Waals surface area contributed by atoms with E-state index in [0.717, 1.165) is 18.2 Å². The fourth-order valence-electron chi connectivity index (χ4n) is 1.69. The Morgan fingerprint density at radius 3 is 2.38 bits per heavy atom. The molecular weight excluding hydrogens is 215 g/mol. The van der Waals surface area contributed by atoms with Gasteiger partial charge in [0.15, 0.2) is 0 Å².